The van der Waals surface area contributed by atoms with Crippen LogP contribution in [0.15, 0.2) is 47.3 Å². The van der Waals surface area contributed by atoms with Crippen molar-refractivity contribution in [3.8, 4) is 5.75 Å². The van der Waals surface area contributed by atoms with E-state index in [0.717, 1.165) is 47.7 Å². The van der Waals surface area contributed by atoms with Crippen LogP contribution in [-0.2, 0) is 19.5 Å². The van der Waals surface area contributed by atoms with Crippen molar-refractivity contribution in [2.24, 2.45) is 0 Å². The van der Waals surface area contributed by atoms with Gasteiger partial charge in [-0.05, 0) is 42.3 Å². The summed E-state index contributed by atoms with van der Waals surface area (Å²) in [6, 6.07) is 13.7. The van der Waals surface area contributed by atoms with Gasteiger partial charge >= 0.3 is 0 Å². The molecule has 0 saturated carbocycles. The van der Waals surface area contributed by atoms with Gasteiger partial charge < -0.3 is 10.1 Å². The van der Waals surface area contributed by atoms with Gasteiger partial charge in [0.15, 0.2) is 0 Å². The molecular weight excluding hydrogens is 302 g/mol. The normalized spacial score (nSPS) is 13.0. The molecule has 0 atom stereocenters. The number of aromatic nitrogens is 2. The molecular formula is C19H19N3O2. The Morgan fingerprint density at radius 3 is 3.04 bits per heavy atom. The number of aryl methyl sites for hydroxylation is 1. The van der Waals surface area contributed by atoms with Gasteiger partial charge in [0.1, 0.15) is 11.6 Å². The zero-order chi connectivity index (χ0) is 16.5. The molecule has 0 amide bonds. The van der Waals surface area contributed by atoms with Crippen molar-refractivity contribution < 1.29 is 4.74 Å². The van der Waals surface area contributed by atoms with Crippen molar-refractivity contribution in [1.29, 1.82) is 0 Å². The van der Waals surface area contributed by atoms with Crippen LogP contribution in [0.25, 0.3) is 10.9 Å². The van der Waals surface area contributed by atoms with Crippen molar-refractivity contribution in [2.75, 3.05) is 12.4 Å². The molecule has 5 nitrogen and oxygen atoms in total. The maximum absolute atomic E-state index is 12.6. The minimum absolute atomic E-state index is 0.0672. The monoisotopic (exact) mass is 321 g/mol. The first-order chi connectivity index (χ1) is 11.7. The summed E-state index contributed by atoms with van der Waals surface area (Å²) in [5.74, 6) is 1.75. The SMILES string of the molecule is COc1cccc(CNc2ccc3nc4n(c(=O)c3c2)CCC4)c1. The summed E-state index contributed by atoms with van der Waals surface area (Å²) in [7, 11) is 1.66. The van der Waals surface area contributed by atoms with Gasteiger partial charge in [0.2, 0.25) is 0 Å². The fourth-order valence-corrected chi connectivity index (χ4v) is 3.18. The molecule has 0 radical (unpaired) electrons. The molecule has 1 aliphatic heterocycles. The minimum atomic E-state index is 0.0672. The number of methoxy groups -OCH3 is 1. The molecule has 1 aromatic heterocycles. The fourth-order valence-electron chi connectivity index (χ4n) is 3.18. The zero-order valence-corrected chi connectivity index (χ0v) is 13.6. The molecule has 0 spiro atoms. The van der Waals surface area contributed by atoms with Gasteiger partial charge in [0, 0.05) is 25.2 Å². The number of benzene rings is 2. The third kappa shape index (κ3) is 2.62. The van der Waals surface area contributed by atoms with Gasteiger partial charge in [0.25, 0.3) is 5.56 Å². The van der Waals surface area contributed by atoms with E-state index in [0.29, 0.717) is 11.9 Å². The van der Waals surface area contributed by atoms with Crippen LogP contribution in [0.3, 0.4) is 0 Å². The van der Waals surface area contributed by atoms with Gasteiger partial charge in [-0.3, -0.25) is 9.36 Å². The first-order valence-corrected chi connectivity index (χ1v) is 8.15. The van der Waals surface area contributed by atoms with Crippen molar-refractivity contribution in [3.63, 3.8) is 0 Å². The lowest BCUT2D eigenvalue weighted by molar-refractivity contribution is 0.414. The van der Waals surface area contributed by atoms with E-state index in [1.807, 2.05) is 42.5 Å². The quantitative estimate of drug-likeness (QED) is 0.803. The predicted octanol–water partition coefficient (Wildman–Crippen LogP) is 2.96. The third-order valence-electron chi connectivity index (χ3n) is 4.45. The van der Waals surface area contributed by atoms with Crippen LogP contribution in [0.1, 0.15) is 17.8 Å². The summed E-state index contributed by atoms with van der Waals surface area (Å²) in [6.45, 7) is 1.45. The van der Waals surface area contributed by atoms with Gasteiger partial charge in [-0.25, -0.2) is 4.98 Å². The van der Waals surface area contributed by atoms with Crippen LogP contribution in [0.5, 0.6) is 5.75 Å². The van der Waals surface area contributed by atoms with Crippen molar-refractivity contribution in [3.05, 3.63) is 64.2 Å². The highest BCUT2D eigenvalue weighted by molar-refractivity contribution is 5.81. The Hall–Kier alpha value is -2.82. The molecule has 0 saturated heterocycles. The first kappa shape index (κ1) is 14.8. The number of ether oxygens (including phenoxy) is 1. The number of anilines is 1. The van der Waals surface area contributed by atoms with Crippen molar-refractivity contribution in [1.82, 2.24) is 9.55 Å². The van der Waals surface area contributed by atoms with Gasteiger partial charge in [-0.2, -0.15) is 0 Å². The van der Waals surface area contributed by atoms with Crippen LogP contribution < -0.4 is 15.6 Å². The Balaban J connectivity index is 1.62. The van der Waals surface area contributed by atoms with Crippen LogP contribution in [0.2, 0.25) is 0 Å². The molecule has 0 unspecified atom stereocenters. The van der Waals surface area contributed by atoms with Crippen LogP contribution in [-0.4, -0.2) is 16.7 Å². The third-order valence-corrected chi connectivity index (χ3v) is 4.45. The predicted molar refractivity (Wildman–Crippen MR) is 94.6 cm³/mol. The van der Waals surface area contributed by atoms with Crippen molar-refractivity contribution >= 4 is 16.6 Å². The van der Waals surface area contributed by atoms with Crippen LogP contribution in [0, 0.1) is 0 Å². The van der Waals surface area contributed by atoms with E-state index in [2.05, 4.69) is 10.3 Å². The average molecular weight is 321 g/mol. The second-order valence-corrected chi connectivity index (χ2v) is 6.03. The molecule has 0 fully saturated rings. The summed E-state index contributed by atoms with van der Waals surface area (Å²) in [5.41, 5.74) is 2.89. The second-order valence-electron chi connectivity index (χ2n) is 6.03. The summed E-state index contributed by atoms with van der Waals surface area (Å²) < 4.78 is 7.04. The van der Waals surface area contributed by atoms with Crippen LogP contribution in [0.4, 0.5) is 5.69 Å². The number of hydrogen-bond donors (Lipinski definition) is 1. The highest BCUT2D eigenvalue weighted by atomic mass is 16.5. The lowest BCUT2D eigenvalue weighted by atomic mass is 10.2. The molecule has 3 aromatic rings. The Morgan fingerprint density at radius 1 is 1.25 bits per heavy atom. The van der Waals surface area contributed by atoms with E-state index in [1.54, 1.807) is 11.7 Å². The number of nitrogens with one attached hydrogen (secondary N) is 1. The molecule has 2 heterocycles. The fraction of sp³-hybridized carbons (Fsp3) is 0.263. The number of fused-ring (bicyclic) bond motifs is 2. The summed E-state index contributed by atoms with van der Waals surface area (Å²) in [5, 5.41) is 4.04. The summed E-state index contributed by atoms with van der Waals surface area (Å²) in [4.78, 5) is 17.2. The number of rotatable bonds is 4. The Morgan fingerprint density at radius 2 is 2.17 bits per heavy atom. The summed E-state index contributed by atoms with van der Waals surface area (Å²) >= 11 is 0. The lowest BCUT2D eigenvalue weighted by Crippen LogP contribution is -2.20. The molecule has 24 heavy (non-hydrogen) atoms. The molecule has 2 aromatic carbocycles. The highest BCUT2D eigenvalue weighted by Crippen LogP contribution is 2.19. The van der Waals surface area contributed by atoms with E-state index in [9.17, 15) is 4.79 Å². The molecule has 1 N–H and O–H groups in total. The smallest absolute Gasteiger partial charge is 0.261 e. The zero-order valence-electron chi connectivity index (χ0n) is 13.6. The van der Waals surface area contributed by atoms with Gasteiger partial charge in [0.05, 0.1) is 18.0 Å². The Labute approximate surface area is 139 Å². The Kier molecular flexibility index (Phi) is 3.69. The number of hydrogen-bond acceptors (Lipinski definition) is 4. The van der Waals surface area contributed by atoms with Gasteiger partial charge in [-0.1, -0.05) is 12.1 Å². The first-order valence-electron chi connectivity index (χ1n) is 8.15. The molecule has 4 rings (SSSR count). The molecule has 0 aliphatic carbocycles. The Bertz CT molecular complexity index is 962. The van der Waals surface area contributed by atoms with Crippen LogP contribution >= 0.6 is 0 Å². The van der Waals surface area contributed by atoms with E-state index in [1.165, 1.54) is 0 Å². The molecule has 5 heteroatoms. The van der Waals surface area contributed by atoms with E-state index in [-0.39, 0.29) is 5.56 Å². The molecule has 0 bridgehead atoms. The van der Waals surface area contributed by atoms with E-state index < -0.39 is 0 Å². The lowest BCUT2D eigenvalue weighted by Gasteiger charge is -2.10. The average Bonchev–Trinajstić information content (AvgIpc) is 3.09. The van der Waals surface area contributed by atoms with Gasteiger partial charge in [-0.15, -0.1) is 0 Å². The minimum Gasteiger partial charge on any atom is -0.497 e. The second kappa shape index (κ2) is 6.00. The maximum atomic E-state index is 12.6. The largest absolute Gasteiger partial charge is 0.497 e. The highest BCUT2D eigenvalue weighted by Gasteiger charge is 2.16. The van der Waals surface area contributed by atoms with E-state index in [4.69, 9.17) is 4.74 Å². The molecule has 122 valence electrons. The maximum Gasteiger partial charge on any atom is 0.261 e. The number of nitrogens with zero attached hydrogens (tertiary/aromatic N) is 2. The van der Waals surface area contributed by atoms with E-state index >= 15 is 0 Å². The summed E-state index contributed by atoms with van der Waals surface area (Å²) in [6.07, 6.45) is 1.89. The topological polar surface area (TPSA) is 56.1 Å². The molecule has 1 aliphatic rings. The van der Waals surface area contributed by atoms with Crippen molar-refractivity contribution in [2.45, 2.75) is 25.9 Å². The standard InChI is InChI=1S/C19H19N3O2/c1-24-15-5-2-4-13(10-15)12-20-14-7-8-17-16(11-14)19(23)22-9-3-6-18(22)21-17/h2,4-5,7-8,10-11,20H,3,6,9,12H2,1H3.